The largest absolute Gasteiger partial charge is 0.392 e. The third-order valence-electron chi connectivity index (χ3n) is 1.89. The average molecular weight is 206 g/mol. The molecule has 0 radical (unpaired) electrons. The zero-order valence-corrected chi connectivity index (χ0v) is 8.58. The molecule has 2 aromatic heterocycles. The molecule has 2 heterocycles. The summed E-state index contributed by atoms with van der Waals surface area (Å²) in [5.41, 5.74) is 2.57. The maximum atomic E-state index is 8.85. The smallest absolute Gasteiger partial charge is 0.0998 e. The molecule has 0 aliphatic carbocycles. The second kappa shape index (κ2) is 3.86. The van der Waals surface area contributed by atoms with Crippen LogP contribution in [0.15, 0.2) is 23.7 Å². The van der Waals surface area contributed by atoms with E-state index in [1.807, 2.05) is 24.4 Å². The lowest BCUT2D eigenvalue weighted by Gasteiger charge is -1.97. The van der Waals surface area contributed by atoms with Crippen LogP contribution in [0.3, 0.4) is 0 Å². The summed E-state index contributed by atoms with van der Waals surface area (Å²) in [6.07, 6.45) is 1.67. The van der Waals surface area contributed by atoms with Crippen LogP contribution in [0.5, 0.6) is 0 Å². The molecule has 2 rings (SSSR count). The number of rotatable bonds is 2. The van der Waals surface area contributed by atoms with Gasteiger partial charge in [0.2, 0.25) is 0 Å². The van der Waals surface area contributed by atoms with E-state index in [2.05, 4.69) is 9.97 Å². The van der Waals surface area contributed by atoms with Crippen molar-refractivity contribution in [2.75, 3.05) is 0 Å². The van der Waals surface area contributed by atoms with Crippen LogP contribution in [0.2, 0.25) is 0 Å². The van der Waals surface area contributed by atoms with E-state index in [4.69, 9.17) is 5.11 Å². The van der Waals surface area contributed by atoms with Crippen LogP contribution in [0.1, 0.15) is 10.6 Å². The van der Waals surface area contributed by atoms with Crippen molar-refractivity contribution in [3.63, 3.8) is 0 Å². The number of aromatic nitrogens is 2. The third kappa shape index (κ3) is 1.81. The Labute approximate surface area is 86.1 Å². The highest BCUT2D eigenvalue weighted by Gasteiger charge is 2.02. The molecule has 0 bridgehead atoms. The van der Waals surface area contributed by atoms with E-state index in [9.17, 15) is 0 Å². The Kier molecular flexibility index (Phi) is 2.56. The monoisotopic (exact) mass is 206 g/mol. The molecule has 0 spiro atoms. The van der Waals surface area contributed by atoms with Crippen LogP contribution in [-0.2, 0) is 6.61 Å². The van der Waals surface area contributed by atoms with Gasteiger partial charge in [-0.2, -0.15) is 0 Å². The van der Waals surface area contributed by atoms with Crippen molar-refractivity contribution in [2.45, 2.75) is 13.5 Å². The lowest BCUT2D eigenvalue weighted by atomic mass is 10.2. The molecule has 0 amide bonds. The summed E-state index contributed by atoms with van der Waals surface area (Å²) in [4.78, 5) is 8.55. The van der Waals surface area contributed by atoms with Gasteiger partial charge >= 0.3 is 0 Å². The molecule has 0 saturated heterocycles. The first-order valence-corrected chi connectivity index (χ1v) is 5.16. The molecule has 0 atom stereocenters. The molecule has 1 N–H and O–H groups in total. The molecule has 4 heteroatoms. The predicted octanol–water partition coefficient (Wildman–Crippen LogP) is 2.01. The summed E-state index contributed by atoms with van der Waals surface area (Å²) in [5, 5.41) is 11.9. The Hall–Kier alpha value is -1.26. The quantitative estimate of drug-likeness (QED) is 0.817. The van der Waals surface area contributed by atoms with Gasteiger partial charge in [0.15, 0.2) is 0 Å². The van der Waals surface area contributed by atoms with Crippen LogP contribution in [-0.4, -0.2) is 15.1 Å². The molecule has 14 heavy (non-hydrogen) atoms. The summed E-state index contributed by atoms with van der Waals surface area (Å²) in [6, 6.07) is 3.73. The predicted molar refractivity (Wildman–Crippen MR) is 56.0 cm³/mol. The normalized spacial score (nSPS) is 10.4. The number of pyridine rings is 1. The van der Waals surface area contributed by atoms with Crippen LogP contribution in [0, 0.1) is 6.92 Å². The van der Waals surface area contributed by atoms with Gasteiger partial charge in [-0.05, 0) is 18.6 Å². The zero-order valence-electron chi connectivity index (χ0n) is 7.77. The molecule has 3 nitrogen and oxygen atoms in total. The van der Waals surface area contributed by atoms with Crippen molar-refractivity contribution in [1.29, 1.82) is 0 Å². The molecule has 0 aromatic carbocycles. The Bertz CT molecular complexity index is 422. The summed E-state index contributed by atoms with van der Waals surface area (Å²) >= 11 is 1.61. The van der Waals surface area contributed by atoms with E-state index in [1.165, 1.54) is 0 Å². The molecular weight excluding hydrogens is 196 g/mol. The van der Waals surface area contributed by atoms with E-state index in [1.54, 1.807) is 17.5 Å². The minimum Gasteiger partial charge on any atom is -0.392 e. The number of aliphatic hydroxyl groups is 1. The molecule has 72 valence electrons. The highest BCUT2D eigenvalue weighted by atomic mass is 32.1. The van der Waals surface area contributed by atoms with Gasteiger partial charge in [-0.3, -0.25) is 4.98 Å². The highest BCUT2D eigenvalue weighted by Crippen LogP contribution is 2.19. The number of aliphatic hydroxyl groups excluding tert-OH is 1. The SMILES string of the molecule is Cc1nc(-c2ccc(CO)cn2)cs1. The third-order valence-corrected chi connectivity index (χ3v) is 2.66. The second-order valence-corrected chi connectivity index (χ2v) is 4.02. The van der Waals surface area contributed by atoms with E-state index >= 15 is 0 Å². The molecule has 2 aromatic rings. The fraction of sp³-hybridized carbons (Fsp3) is 0.200. The summed E-state index contributed by atoms with van der Waals surface area (Å²) in [7, 11) is 0. The van der Waals surface area contributed by atoms with Gasteiger partial charge < -0.3 is 5.11 Å². The molecule has 0 aliphatic heterocycles. The molecule has 0 saturated carbocycles. The van der Waals surface area contributed by atoms with Gasteiger partial charge in [0.05, 0.1) is 23.0 Å². The van der Waals surface area contributed by atoms with E-state index in [0.29, 0.717) is 0 Å². The van der Waals surface area contributed by atoms with Crippen molar-refractivity contribution >= 4 is 11.3 Å². The Morgan fingerprint density at radius 1 is 1.36 bits per heavy atom. The lowest BCUT2D eigenvalue weighted by Crippen LogP contribution is -1.87. The second-order valence-electron chi connectivity index (χ2n) is 2.96. The van der Waals surface area contributed by atoms with Crippen LogP contribution in [0.25, 0.3) is 11.4 Å². The molecular formula is C10H10N2OS. The van der Waals surface area contributed by atoms with Crippen LogP contribution >= 0.6 is 11.3 Å². The first-order valence-electron chi connectivity index (χ1n) is 4.28. The van der Waals surface area contributed by atoms with E-state index < -0.39 is 0 Å². The number of hydrogen-bond donors (Lipinski definition) is 1. The first-order chi connectivity index (χ1) is 6.79. The number of hydrogen-bond acceptors (Lipinski definition) is 4. The summed E-state index contributed by atoms with van der Waals surface area (Å²) in [5.74, 6) is 0. The average Bonchev–Trinajstić information content (AvgIpc) is 2.65. The maximum absolute atomic E-state index is 8.85. The van der Waals surface area contributed by atoms with Crippen molar-refractivity contribution < 1.29 is 5.11 Å². The van der Waals surface area contributed by atoms with Gasteiger partial charge in [-0.25, -0.2) is 4.98 Å². The topological polar surface area (TPSA) is 46.0 Å². The number of thiazole rings is 1. The Morgan fingerprint density at radius 3 is 2.71 bits per heavy atom. The van der Waals surface area contributed by atoms with Crippen molar-refractivity contribution in [3.05, 3.63) is 34.3 Å². The minimum absolute atomic E-state index is 0.0311. The number of nitrogens with zero attached hydrogens (tertiary/aromatic N) is 2. The van der Waals surface area contributed by atoms with E-state index in [0.717, 1.165) is 22.0 Å². The van der Waals surface area contributed by atoms with Gasteiger partial charge in [0, 0.05) is 11.6 Å². The van der Waals surface area contributed by atoms with Crippen LogP contribution in [0.4, 0.5) is 0 Å². The van der Waals surface area contributed by atoms with Crippen LogP contribution < -0.4 is 0 Å². The van der Waals surface area contributed by atoms with Gasteiger partial charge in [0.1, 0.15) is 0 Å². The summed E-state index contributed by atoms with van der Waals surface area (Å²) in [6.45, 7) is 2.00. The fourth-order valence-corrected chi connectivity index (χ4v) is 1.76. The lowest BCUT2D eigenvalue weighted by molar-refractivity contribution is 0.281. The van der Waals surface area contributed by atoms with Gasteiger partial charge in [0.25, 0.3) is 0 Å². The Balaban J connectivity index is 2.33. The summed E-state index contributed by atoms with van der Waals surface area (Å²) < 4.78 is 0. The molecule has 0 fully saturated rings. The first kappa shape index (κ1) is 9.30. The molecule has 0 unspecified atom stereocenters. The van der Waals surface area contributed by atoms with Gasteiger partial charge in [-0.15, -0.1) is 11.3 Å². The van der Waals surface area contributed by atoms with Crippen molar-refractivity contribution in [1.82, 2.24) is 9.97 Å². The highest BCUT2D eigenvalue weighted by molar-refractivity contribution is 7.09. The number of aryl methyl sites for hydroxylation is 1. The maximum Gasteiger partial charge on any atom is 0.0998 e. The zero-order chi connectivity index (χ0) is 9.97. The van der Waals surface area contributed by atoms with Crippen molar-refractivity contribution in [2.24, 2.45) is 0 Å². The molecule has 0 aliphatic rings. The van der Waals surface area contributed by atoms with E-state index in [-0.39, 0.29) is 6.61 Å². The standard InChI is InChI=1S/C10H10N2OS/c1-7-12-10(6-14-7)9-3-2-8(5-13)4-11-9/h2-4,6,13H,5H2,1H3. The van der Waals surface area contributed by atoms with Crippen molar-refractivity contribution in [3.8, 4) is 11.4 Å². The fourth-order valence-electron chi connectivity index (χ4n) is 1.15. The minimum atomic E-state index is 0.0311. The van der Waals surface area contributed by atoms with Gasteiger partial charge in [-0.1, -0.05) is 6.07 Å². The Morgan fingerprint density at radius 2 is 2.21 bits per heavy atom.